The van der Waals surface area contributed by atoms with Gasteiger partial charge in [0.25, 0.3) is 11.8 Å². The molecule has 1 N–H and O–H groups in total. The highest BCUT2D eigenvalue weighted by Crippen LogP contribution is 2.37. The van der Waals surface area contributed by atoms with Gasteiger partial charge in [-0.15, -0.1) is 0 Å². The highest BCUT2D eigenvalue weighted by Gasteiger charge is 2.50. The van der Waals surface area contributed by atoms with Gasteiger partial charge in [0.05, 0.1) is 0 Å². The minimum Gasteiger partial charge on any atom is -0.380 e. The van der Waals surface area contributed by atoms with E-state index < -0.39 is 5.60 Å². The van der Waals surface area contributed by atoms with Gasteiger partial charge >= 0.3 is 0 Å². The third-order valence-electron chi connectivity index (χ3n) is 5.35. The molecule has 0 spiro atoms. The van der Waals surface area contributed by atoms with Crippen molar-refractivity contribution in [3.05, 3.63) is 58.9 Å². The molecule has 1 aliphatic heterocycles. The van der Waals surface area contributed by atoms with Crippen molar-refractivity contribution in [3.63, 3.8) is 0 Å². The molecule has 2 aliphatic rings. The fourth-order valence-electron chi connectivity index (χ4n) is 3.43. The number of hydrogen-bond donors (Lipinski definition) is 1. The van der Waals surface area contributed by atoms with E-state index in [1.165, 1.54) is 12.1 Å². The van der Waals surface area contributed by atoms with Gasteiger partial charge in [0.15, 0.2) is 0 Å². The summed E-state index contributed by atoms with van der Waals surface area (Å²) in [5, 5.41) is 10.4. The van der Waals surface area contributed by atoms with Crippen LogP contribution in [-0.2, 0) is 4.79 Å². The Morgan fingerprint density at radius 3 is 2.18 bits per heavy atom. The zero-order valence-electron chi connectivity index (χ0n) is 15.2. The number of piperazine rings is 1. The molecule has 7 heteroatoms. The fraction of sp³-hybridized carbons (Fsp3) is 0.333. The van der Waals surface area contributed by atoms with Gasteiger partial charge in [-0.3, -0.25) is 9.59 Å². The number of aliphatic hydroxyl groups is 1. The lowest BCUT2D eigenvalue weighted by atomic mass is 10.0. The molecule has 1 heterocycles. The van der Waals surface area contributed by atoms with Crippen LogP contribution in [0.1, 0.15) is 23.2 Å². The van der Waals surface area contributed by atoms with Gasteiger partial charge in [-0.1, -0.05) is 23.7 Å². The van der Waals surface area contributed by atoms with E-state index in [0.717, 1.165) is 0 Å². The predicted molar refractivity (Wildman–Crippen MR) is 104 cm³/mol. The number of rotatable bonds is 3. The lowest BCUT2D eigenvalue weighted by Crippen LogP contribution is -2.53. The molecule has 0 unspecified atom stereocenters. The smallest absolute Gasteiger partial charge is 0.254 e. The van der Waals surface area contributed by atoms with Gasteiger partial charge in [0.1, 0.15) is 11.4 Å². The number of benzene rings is 2. The van der Waals surface area contributed by atoms with Crippen molar-refractivity contribution in [1.82, 2.24) is 9.80 Å². The zero-order chi connectivity index (χ0) is 19.9. The standard InChI is InChI=1S/C21H20ClFN2O3/c22-16-5-6-18(23)17(13-16)14-1-3-15(4-2-14)19(26)24-9-11-25(12-10-24)20(27)21(28)7-8-21/h1-6,13,28H,7-12H2. The summed E-state index contributed by atoms with van der Waals surface area (Å²) in [7, 11) is 0. The summed E-state index contributed by atoms with van der Waals surface area (Å²) in [4.78, 5) is 28.2. The summed E-state index contributed by atoms with van der Waals surface area (Å²) in [5.74, 6) is -0.732. The van der Waals surface area contributed by atoms with Crippen molar-refractivity contribution in [2.75, 3.05) is 26.2 Å². The molecule has 4 rings (SSSR count). The number of halogens is 2. The molecule has 0 aromatic heterocycles. The van der Waals surface area contributed by atoms with Crippen LogP contribution in [0.25, 0.3) is 11.1 Å². The van der Waals surface area contributed by atoms with Gasteiger partial charge in [-0.05, 0) is 48.7 Å². The SMILES string of the molecule is O=C(c1ccc(-c2cc(Cl)ccc2F)cc1)N1CCN(C(=O)C2(O)CC2)CC1. The Morgan fingerprint density at radius 2 is 1.57 bits per heavy atom. The summed E-state index contributed by atoms with van der Waals surface area (Å²) in [6.07, 6.45) is 1.04. The average Bonchev–Trinajstić information content (AvgIpc) is 3.47. The molecule has 0 atom stereocenters. The molecular weight excluding hydrogens is 383 g/mol. The first-order valence-electron chi connectivity index (χ1n) is 9.24. The molecule has 28 heavy (non-hydrogen) atoms. The van der Waals surface area contributed by atoms with Crippen LogP contribution < -0.4 is 0 Å². The van der Waals surface area contributed by atoms with E-state index in [0.29, 0.717) is 60.7 Å². The summed E-state index contributed by atoms with van der Waals surface area (Å²) in [5.41, 5.74) is 0.366. The lowest BCUT2D eigenvalue weighted by Gasteiger charge is -2.35. The molecule has 1 aliphatic carbocycles. The minimum atomic E-state index is -1.17. The molecule has 0 radical (unpaired) electrons. The van der Waals surface area contributed by atoms with Crippen molar-refractivity contribution in [2.45, 2.75) is 18.4 Å². The maximum atomic E-state index is 14.0. The number of amides is 2. The van der Waals surface area contributed by atoms with Crippen molar-refractivity contribution in [2.24, 2.45) is 0 Å². The van der Waals surface area contributed by atoms with Crippen molar-refractivity contribution < 1.29 is 19.1 Å². The van der Waals surface area contributed by atoms with Gasteiger partial charge in [-0.2, -0.15) is 0 Å². The Hall–Kier alpha value is -2.44. The lowest BCUT2D eigenvalue weighted by molar-refractivity contribution is -0.143. The second-order valence-corrected chi connectivity index (χ2v) is 7.75. The molecule has 2 aromatic carbocycles. The molecule has 1 saturated carbocycles. The molecule has 146 valence electrons. The highest BCUT2D eigenvalue weighted by atomic mass is 35.5. The zero-order valence-corrected chi connectivity index (χ0v) is 16.0. The second kappa shape index (κ2) is 7.18. The highest BCUT2D eigenvalue weighted by molar-refractivity contribution is 6.30. The monoisotopic (exact) mass is 402 g/mol. The normalized spacial score (nSPS) is 18.1. The number of nitrogens with zero attached hydrogens (tertiary/aromatic N) is 2. The summed E-state index contributed by atoms with van der Waals surface area (Å²) < 4.78 is 14.0. The molecular formula is C21H20ClFN2O3. The van der Waals surface area contributed by atoms with Gasteiger partial charge in [-0.25, -0.2) is 4.39 Å². The van der Waals surface area contributed by atoms with E-state index >= 15 is 0 Å². The number of carbonyl (C=O) groups excluding carboxylic acids is 2. The van der Waals surface area contributed by atoms with E-state index in [9.17, 15) is 19.1 Å². The quantitative estimate of drug-likeness (QED) is 0.858. The van der Waals surface area contributed by atoms with Crippen molar-refractivity contribution in [1.29, 1.82) is 0 Å². The second-order valence-electron chi connectivity index (χ2n) is 7.32. The number of hydrogen-bond acceptors (Lipinski definition) is 3. The topological polar surface area (TPSA) is 60.9 Å². The Kier molecular flexibility index (Phi) is 4.85. The van der Waals surface area contributed by atoms with Crippen molar-refractivity contribution in [3.8, 4) is 11.1 Å². The fourth-order valence-corrected chi connectivity index (χ4v) is 3.60. The predicted octanol–water partition coefficient (Wildman–Crippen LogP) is 2.96. The van der Waals surface area contributed by atoms with E-state index in [4.69, 9.17) is 11.6 Å². The number of carbonyl (C=O) groups is 2. The molecule has 0 bridgehead atoms. The van der Waals surface area contributed by atoms with E-state index in [-0.39, 0.29) is 17.6 Å². The van der Waals surface area contributed by atoms with Gasteiger partial charge in [0, 0.05) is 42.3 Å². The minimum absolute atomic E-state index is 0.129. The summed E-state index contributed by atoms with van der Waals surface area (Å²) in [6, 6.07) is 11.1. The third-order valence-corrected chi connectivity index (χ3v) is 5.58. The van der Waals surface area contributed by atoms with Crippen LogP contribution in [-0.4, -0.2) is 58.5 Å². The van der Waals surface area contributed by atoms with Crippen LogP contribution in [0.3, 0.4) is 0 Å². The Balaban J connectivity index is 1.42. The molecule has 5 nitrogen and oxygen atoms in total. The molecule has 2 aromatic rings. The van der Waals surface area contributed by atoms with E-state index in [1.807, 2.05) is 0 Å². The third kappa shape index (κ3) is 3.62. The van der Waals surface area contributed by atoms with Crippen LogP contribution in [0.5, 0.6) is 0 Å². The van der Waals surface area contributed by atoms with Crippen LogP contribution in [0.15, 0.2) is 42.5 Å². The van der Waals surface area contributed by atoms with Crippen molar-refractivity contribution >= 4 is 23.4 Å². The first-order valence-corrected chi connectivity index (χ1v) is 9.62. The largest absolute Gasteiger partial charge is 0.380 e. The summed E-state index contributed by atoms with van der Waals surface area (Å²) in [6.45, 7) is 1.67. The van der Waals surface area contributed by atoms with Gasteiger partial charge < -0.3 is 14.9 Å². The van der Waals surface area contributed by atoms with Crippen LogP contribution in [0.2, 0.25) is 5.02 Å². The summed E-state index contributed by atoms with van der Waals surface area (Å²) >= 11 is 5.94. The Morgan fingerprint density at radius 1 is 0.964 bits per heavy atom. The molecule has 1 saturated heterocycles. The first kappa shape index (κ1) is 18.9. The van der Waals surface area contributed by atoms with Crippen LogP contribution >= 0.6 is 11.6 Å². The maximum absolute atomic E-state index is 14.0. The maximum Gasteiger partial charge on any atom is 0.254 e. The van der Waals surface area contributed by atoms with Crippen LogP contribution in [0, 0.1) is 5.82 Å². The first-order chi connectivity index (χ1) is 13.4. The average molecular weight is 403 g/mol. The Labute approximate surface area is 167 Å². The van der Waals surface area contributed by atoms with E-state index in [1.54, 1.807) is 40.1 Å². The molecule has 2 fully saturated rings. The van der Waals surface area contributed by atoms with Gasteiger partial charge in [0.2, 0.25) is 0 Å². The van der Waals surface area contributed by atoms with E-state index in [2.05, 4.69) is 0 Å². The molecule has 2 amide bonds. The van der Waals surface area contributed by atoms with Crippen LogP contribution in [0.4, 0.5) is 4.39 Å². The Bertz CT molecular complexity index is 920.